The summed E-state index contributed by atoms with van der Waals surface area (Å²) in [5.41, 5.74) is 0. The summed E-state index contributed by atoms with van der Waals surface area (Å²) in [6.45, 7) is 6.48. The molecule has 0 heterocycles. The minimum Gasteiger partial charge on any atom is -1.00 e. The van der Waals surface area contributed by atoms with Gasteiger partial charge in [-0.1, -0.05) is 36.7 Å². The first-order valence-corrected chi connectivity index (χ1v) is 3.04. The van der Waals surface area contributed by atoms with Crippen molar-refractivity contribution in [1.82, 2.24) is 0 Å². The summed E-state index contributed by atoms with van der Waals surface area (Å²) in [6, 6.07) is 0. The van der Waals surface area contributed by atoms with Gasteiger partial charge in [-0.3, -0.25) is 0 Å². The molecule has 0 bridgehead atoms. The van der Waals surface area contributed by atoms with Crippen LogP contribution < -0.4 is 0 Å². The van der Waals surface area contributed by atoms with Crippen molar-refractivity contribution in [2.24, 2.45) is 0 Å². The number of halogens is 1. The Morgan fingerprint density at radius 1 is 1.57 bits per heavy atom. The largest absolute Gasteiger partial charge is 2.00 e. The summed E-state index contributed by atoms with van der Waals surface area (Å²) in [5.74, 6) is 0. The molecule has 0 N–H and O–H groups in total. The van der Waals surface area contributed by atoms with Crippen LogP contribution in [0.15, 0.2) is 0 Å². The van der Waals surface area contributed by atoms with E-state index < -0.39 is 0 Å². The summed E-state index contributed by atoms with van der Waals surface area (Å²) in [7, 11) is 0. The van der Waals surface area contributed by atoms with Gasteiger partial charge in [0.05, 0.1) is 0 Å². The van der Waals surface area contributed by atoms with Crippen molar-refractivity contribution >= 4 is 39.0 Å². The van der Waals surface area contributed by atoms with Gasteiger partial charge >= 0.3 is 23.1 Å². The van der Waals surface area contributed by atoms with Crippen LogP contribution in [-0.4, -0.2) is 27.4 Å². The van der Waals surface area contributed by atoms with Crippen LogP contribution in [0.3, 0.4) is 0 Å². The molecule has 0 aliphatic heterocycles. The normalized spacial score (nSPS) is 10.3. The van der Waals surface area contributed by atoms with E-state index in [1.54, 1.807) is 0 Å². The Hall–Kier alpha value is 1.25. The third kappa shape index (κ3) is 11.1. The van der Waals surface area contributed by atoms with Crippen LogP contribution in [-0.2, 0) is 0 Å². The quantitative estimate of drug-likeness (QED) is 0.426. The molecule has 0 aliphatic rings. The molecule has 0 amide bonds. The van der Waals surface area contributed by atoms with E-state index in [9.17, 15) is 0 Å². The number of hydrogen-bond acceptors (Lipinski definition) is 0. The second kappa shape index (κ2) is 4.16. The van der Waals surface area contributed by atoms with Crippen LogP contribution in [0.25, 0.3) is 0 Å². The summed E-state index contributed by atoms with van der Waals surface area (Å²) in [5, 5.41) is 0. The van der Waals surface area contributed by atoms with Crippen LogP contribution in [0.4, 0.5) is 0 Å². The van der Waals surface area contributed by atoms with Crippen molar-refractivity contribution in [3.8, 4) is 0 Å². The van der Waals surface area contributed by atoms with Gasteiger partial charge in [0.2, 0.25) is 0 Å². The van der Waals surface area contributed by atoms with Crippen molar-refractivity contribution in [1.29, 1.82) is 0 Å². The van der Waals surface area contributed by atoms with Gasteiger partial charge in [0.25, 0.3) is 0 Å². The van der Waals surface area contributed by atoms with E-state index >= 15 is 0 Å². The zero-order valence-electron chi connectivity index (χ0n) is 7.29. The average Bonchev–Trinajstić information content (AvgIpc) is 1.35. The molecule has 0 fully saturated rings. The maximum absolute atomic E-state index is 3.48. The minimum absolute atomic E-state index is 0. The molecule has 0 aliphatic carbocycles. The fraction of sp³-hybridized carbons (Fsp3) is 1.00. The molecule has 7 heavy (non-hydrogen) atoms. The summed E-state index contributed by atoms with van der Waals surface area (Å²) in [6.07, 6.45) is 1.19. The van der Waals surface area contributed by atoms with Gasteiger partial charge in [-0.25, -0.2) is 0 Å². The molecular formula is C5H13BrMg. The van der Waals surface area contributed by atoms with Gasteiger partial charge in [-0.05, 0) is 6.42 Å². The van der Waals surface area contributed by atoms with E-state index in [0.717, 1.165) is 0 Å². The Morgan fingerprint density at radius 3 is 1.71 bits per heavy atom. The second-order valence-electron chi connectivity index (χ2n) is 2.07. The first kappa shape index (κ1) is 11.1. The molecule has 0 aromatic rings. The van der Waals surface area contributed by atoms with E-state index in [1.807, 2.05) is 0 Å². The van der Waals surface area contributed by atoms with Gasteiger partial charge in [0.15, 0.2) is 0 Å². The number of rotatable bonds is 1. The van der Waals surface area contributed by atoms with Crippen molar-refractivity contribution < 1.29 is 2.85 Å². The monoisotopic (exact) mass is 176 g/mol. The molecule has 0 aromatic carbocycles. The Balaban J connectivity index is -0.0000000417. The molecule has 0 saturated heterocycles. The Morgan fingerprint density at radius 2 is 1.71 bits per heavy atom. The van der Waals surface area contributed by atoms with Crippen LogP contribution >= 0.6 is 15.9 Å². The van der Waals surface area contributed by atoms with E-state index in [1.165, 1.54) is 6.42 Å². The first-order chi connectivity index (χ1) is 2.56. The standard InChI is InChI=1S/C5H11Br.Mg.2H/c1-4-5(2,3)6;;;/h4H2,1-3H3;;;/q;+2;2*-1. The minimum atomic E-state index is 0. The predicted octanol–water partition coefficient (Wildman–Crippen LogP) is 2.41. The summed E-state index contributed by atoms with van der Waals surface area (Å²) in [4.78, 5) is 0. The van der Waals surface area contributed by atoms with Gasteiger partial charge in [0, 0.05) is 4.32 Å². The van der Waals surface area contributed by atoms with E-state index in [4.69, 9.17) is 0 Å². The first-order valence-electron chi connectivity index (χ1n) is 2.25. The molecule has 0 radical (unpaired) electrons. The Bertz CT molecular complexity index is 44.7. The van der Waals surface area contributed by atoms with Crippen molar-refractivity contribution in [3.63, 3.8) is 0 Å². The fourth-order valence-corrected chi connectivity index (χ4v) is 0. The average molecular weight is 177 g/mol. The molecule has 0 aromatic heterocycles. The molecule has 0 atom stereocenters. The van der Waals surface area contributed by atoms with Gasteiger partial charge in [-0.15, -0.1) is 0 Å². The molecular weight excluding hydrogens is 164 g/mol. The number of alkyl halides is 1. The Kier molecular flexibility index (Phi) is 6.59. The van der Waals surface area contributed by atoms with Crippen molar-refractivity contribution in [2.75, 3.05) is 0 Å². The molecule has 0 spiro atoms. The van der Waals surface area contributed by atoms with Crippen molar-refractivity contribution in [2.45, 2.75) is 31.5 Å². The zero-order chi connectivity index (χ0) is 5.21. The molecule has 0 unspecified atom stereocenters. The third-order valence-electron chi connectivity index (χ3n) is 0.841. The molecule has 0 nitrogen and oxygen atoms in total. The molecule has 0 saturated carbocycles. The second-order valence-corrected chi connectivity index (χ2v) is 4.22. The Labute approximate surface area is 73.3 Å². The van der Waals surface area contributed by atoms with Crippen LogP contribution in [0.1, 0.15) is 30.0 Å². The summed E-state index contributed by atoms with van der Waals surface area (Å²) < 4.78 is 0.354. The molecule has 2 heteroatoms. The molecule has 0 rings (SSSR count). The number of hydrogen-bond donors (Lipinski definition) is 0. The topological polar surface area (TPSA) is 0 Å². The van der Waals surface area contributed by atoms with Gasteiger partial charge < -0.3 is 2.85 Å². The van der Waals surface area contributed by atoms with Gasteiger partial charge in [0.1, 0.15) is 0 Å². The maximum Gasteiger partial charge on any atom is 2.00 e. The SMILES string of the molecule is CCC(C)(C)Br.[H-].[H-].[Mg+2]. The predicted molar refractivity (Wildman–Crippen MR) is 41.3 cm³/mol. The van der Waals surface area contributed by atoms with Crippen LogP contribution in [0.2, 0.25) is 0 Å². The third-order valence-corrected chi connectivity index (χ3v) is 1.40. The zero-order valence-corrected chi connectivity index (χ0v) is 8.29. The van der Waals surface area contributed by atoms with Crippen LogP contribution in [0.5, 0.6) is 0 Å². The van der Waals surface area contributed by atoms with E-state index in [0.29, 0.717) is 4.32 Å². The fourth-order valence-electron chi connectivity index (χ4n) is 0. The van der Waals surface area contributed by atoms with Crippen molar-refractivity contribution in [3.05, 3.63) is 0 Å². The van der Waals surface area contributed by atoms with Gasteiger partial charge in [-0.2, -0.15) is 0 Å². The smallest absolute Gasteiger partial charge is 1.00 e. The van der Waals surface area contributed by atoms with E-state index in [-0.39, 0.29) is 25.9 Å². The van der Waals surface area contributed by atoms with E-state index in [2.05, 4.69) is 36.7 Å². The van der Waals surface area contributed by atoms with Crippen LogP contribution in [0, 0.1) is 0 Å². The molecule has 42 valence electrons. The maximum atomic E-state index is 3.48. The summed E-state index contributed by atoms with van der Waals surface area (Å²) >= 11 is 3.48.